The smallest absolute Gasteiger partial charge is 0.222 e. The van der Waals surface area contributed by atoms with E-state index in [1.807, 2.05) is 18.7 Å². The highest BCUT2D eigenvalue weighted by Crippen LogP contribution is 2.23. The third-order valence-corrected chi connectivity index (χ3v) is 4.93. The monoisotopic (exact) mass is 343 g/mol. The molecule has 0 saturated carbocycles. The lowest BCUT2D eigenvalue weighted by molar-refractivity contribution is -0.132. The van der Waals surface area contributed by atoms with Crippen molar-refractivity contribution in [3.8, 4) is 0 Å². The molecular formula is C18H25N5O2. The minimum atomic E-state index is 0.191. The summed E-state index contributed by atoms with van der Waals surface area (Å²) in [7, 11) is 0. The molecule has 0 aliphatic carbocycles. The molecule has 0 unspecified atom stereocenters. The summed E-state index contributed by atoms with van der Waals surface area (Å²) in [4.78, 5) is 23.0. The van der Waals surface area contributed by atoms with E-state index in [4.69, 9.17) is 10.3 Å². The molecule has 3 rings (SSSR count). The number of rotatable bonds is 5. The van der Waals surface area contributed by atoms with E-state index in [9.17, 15) is 4.79 Å². The zero-order valence-corrected chi connectivity index (χ0v) is 14.9. The molecule has 1 aliphatic heterocycles. The Morgan fingerprint density at radius 2 is 2.16 bits per heavy atom. The highest BCUT2D eigenvalue weighted by atomic mass is 16.5. The van der Waals surface area contributed by atoms with E-state index >= 15 is 0 Å². The molecule has 134 valence electrons. The molecule has 1 saturated heterocycles. The second-order valence-corrected chi connectivity index (χ2v) is 6.74. The summed E-state index contributed by atoms with van der Waals surface area (Å²) in [6.07, 6.45) is 7.31. The number of anilines is 1. The van der Waals surface area contributed by atoms with Gasteiger partial charge in [-0.25, -0.2) is 4.98 Å². The van der Waals surface area contributed by atoms with Gasteiger partial charge in [0.2, 0.25) is 5.91 Å². The highest BCUT2D eigenvalue weighted by molar-refractivity contribution is 5.76. The van der Waals surface area contributed by atoms with Gasteiger partial charge in [0.15, 0.2) is 0 Å². The summed E-state index contributed by atoms with van der Waals surface area (Å²) in [6, 6.07) is 0. The third-order valence-electron chi connectivity index (χ3n) is 4.93. The number of piperidine rings is 1. The predicted octanol–water partition coefficient (Wildman–Crippen LogP) is 2.08. The molecule has 1 atom stereocenters. The van der Waals surface area contributed by atoms with Gasteiger partial charge in [0, 0.05) is 37.5 Å². The number of nitrogens with two attached hydrogens (primary N) is 1. The van der Waals surface area contributed by atoms with Crippen molar-refractivity contribution in [1.82, 2.24) is 20.0 Å². The number of hydrogen-bond acceptors (Lipinski definition) is 6. The molecule has 1 amide bonds. The van der Waals surface area contributed by atoms with Crippen LogP contribution < -0.4 is 5.73 Å². The highest BCUT2D eigenvalue weighted by Gasteiger charge is 2.25. The van der Waals surface area contributed by atoms with Crippen molar-refractivity contribution >= 4 is 11.7 Å². The standard InChI is InChI=1S/C18H25N5O2/c1-12-15(13(2)25-22-12)5-6-17(24)23-9-3-4-14(11-23)10-16-18(19)21-8-7-20-16/h7-8,14H,3-6,9-11H2,1-2H3,(H2,19,21)/t14-/m1/s1. The number of amides is 1. The number of aryl methyl sites for hydroxylation is 2. The number of carbonyl (C=O) groups is 1. The molecule has 1 aliphatic rings. The fourth-order valence-corrected chi connectivity index (χ4v) is 3.52. The van der Waals surface area contributed by atoms with Crippen LogP contribution in [-0.4, -0.2) is 39.0 Å². The summed E-state index contributed by atoms with van der Waals surface area (Å²) in [5.41, 5.74) is 8.65. The van der Waals surface area contributed by atoms with Gasteiger partial charge in [0.05, 0.1) is 11.4 Å². The van der Waals surface area contributed by atoms with Crippen LogP contribution in [0.5, 0.6) is 0 Å². The maximum absolute atomic E-state index is 12.6. The van der Waals surface area contributed by atoms with Crippen LogP contribution in [0, 0.1) is 19.8 Å². The van der Waals surface area contributed by atoms with Gasteiger partial charge in [0.25, 0.3) is 0 Å². The van der Waals surface area contributed by atoms with E-state index in [1.54, 1.807) is 12.4 Å². The second-order valence-electron chi connectivity index (χ2n) is 6.74. The van der Waals surface area contributed by atoms with Crippen molar-refractivity contribution in [2.24, 2.45) is 5.92 Å². The van der Waals surface area contributed by atoms with Crippen molar-refractivity contribution in [1.29, 1.82) is 0 Å². The van der Waals surface area contributed by atoms with Crippen molar-refractivity contribution in [3.63, 3.8) is 0 Å². The van der Waals surface area contributed by atoms with Gasteiger partial charge < -0.3 is 15.2 Å². The van der Waals surface area contributed by atoms with Crippen LogP contribution in [0.4, 0.5) is 5.82 Å². The van der Waals surface area contributed by atoms with Crippen molar-refractivity contribution < 1.29 is 9.32 Å². The summed E-state index contributed by atoms with van der Waals surface area (Å²) in [6.45, 7) is 5.39. The van der Waals surface area contributed by atoms with E-state index in [2.05, 4.69) is 15.1 Å². The lowest BCUT2D eigenvalue weighted by Gasteiger charge is -2.33. The number of nitrogen functional groups attached to an aromatic ring is 1. The van der Waals surface area contributed by atoms with Crippen molar-refractivity contribution in [3.05, 3.63) is 35.1 Å². The van der Waals surface area contributed by atoms with Crippen molar-refractivity contribution in [2.75, 3.05) is 18.8 Å². The maximum atomic E-state index is 12.6. The average molecular weight is 343 g/mol. The van der Waals surface area contributed by atoms with Gasteiger partial charge in [-0.15, -0.1) is 0 Å². The lowest BCUT2D eigenvalue weighted by Crippen LogP contribution is -2.40. The first-order chi connectivity index (χ1) is 12.0. The average Bonchev–Trinajstić information content (AvgIpc) is 2.93. The Balaban J connectivity index is 1.55. The van der Waals surface area contributed by atoms with E-state index in [0.717, 1.165) is 55.1 Å². The van der Waals surface area contributed by atoms with Crippen LogP contribution in [0.25, 0.3) is 0 Å². The largest absolute Gasteiger partial charge is 0.382 e. The Bertz CT molecular complexity index is 723. The minimum absolute atomic E-state index is 0.191. The van der Waals surface area contributed by atoms with Gasteiger partial charge in [-0.3, -0.25) is 9.78 Å². The van der Waals surface area contributed by atoms with Crippen LogP contribution in [0.3, 0.4) is 0 Å². The van der Waals surface area contributed by atoms with E-state index < -0.39 is 0 Å². The van der Waals surface area contributed by atoms with Gasteiger partial charge in [-0.1, -0.05) is 5.16 Å². The Morgan fingerprint density at radius 3 is 2.88 bits per heavy atom. The van der Waals surface area contributed by atoms with Crippen LogP contribution in [0.1, 0.15) is 42.0 Å². The van der Waals surface area contributed by atoms with Crippen molar-refractivity contribution in [2.45, 2.75) is 46.0 Å². The molecule has 2 aromatic heterocycles. The van der Waals surface area contributed by atoms with Crippen LogP contribution in [0.2, 0.25) is 0 Å². The van der Waals surface area contributed by atoms with Gasteiger partial charge >= 0.3 is 0 Å². The summed E-state index contributed by atoms with van der Waals surface area (Å²) in [5.74, 6) is 1.87. The summed E-state index contributed by atoms with van der Waals surface area (Å²) < 4.78 is 5.17. The second kappa shape index (κ2) is 7.63. The number of aromatic nitrogens is 3. The number of carbonyl (C=O) groups excluding carboxylic acids is 1. The van der Waals surface area contributed by atoms with Gasteiger partial charge in [-0.05, 0) is 45.4 Å². The fourth-order valence-electron chi connectivity index (χ4n) is 3.52. The van der Waals surface area contributed by atoms with Crippen LogP contribution >= 0.6 is 0 Å². The summed E-state index contributed by atoms with van der Waals surface area (Å²) in [5, 5.41) is 3.95. The lowest BCUT2D eigenvalue weighted by atomic mass is 9.93. The first-order valence-corrected chi connectivity index (χ1v) is 8.79. The molecule has 0 aromatic carbocycles. The Morgan fingerprint density at radius 1 is 1.36 bits per heavy atom. The third kappa shape index (κ3) is 4.15. The van der Waals surface area contributed by atoms with E-state index in [0.29, 0.717) is 24.6 Å². The quantitative estimate of drug-likeness (QED) is 0.892. The molecular weight excluding hydrogens is 318 g/mol. The van der Waals surface area contributed by atoms with Gasteiger partial charge in [0.1, 0.15) is 11.6 Å². The Hall–Kier alpha value is -2.44. The molecule has 1 fully saturated rings. The Kier molecular flexibility index (Phi) is 5.31. The first kappa shape index (κ1) is 17.4. The molecule has 7 nitrogen and oxygen atoms in total. The zero-order valence-electron chi connectivity index (χ0n) is 14.9. The van der Waals surface area contributed by atoms with Crippen LogP contribution in [0.15, 0.2) is 16.9 Å². The van der Waals surface area contributed by atoms with Gasteiger partial charge in [-0.2, -0.15) is 0 Å². The maximum Gasteiger partial charge on any atom is 0.222 e. The number of nitrogens with zero attached hydrogens (tertiary/aromatic N) is 4. The number of likely N-dealkylation sites (tertiary alicyclic amines) is 1. The summed E-state index contributed by atoms with van der Waals surface area (Å²) >= 11 is 0. The molecule has 25 heavy (non-hydrogen) atoms. The molecule has 0 spiro atoms. The molecule has 2 aromatic rings. The van der Waals surface area contributed by atoms with E-state index in [1.165, 1.54) is 0 Å². The van der Waals surface area contributed by atoms with Crippen LogP contribution in [-0.2, 0) is 17.6 Å². The normalized spacial score (nSPS) is 17.7. The first-order valence-electron chi connectivity index (χ1n) is 8.79. The molecule has 2 N–H and O–H groups in total. The predicted molar refractivity (Wildman–Crippen MR) is 93.8 cm³/mol. The molecule has 3 heterocycles. The molecule has 7 heteroatoms. The minimum Gasteiger partial charge on any atom is -0.382 e. The fraction of sp³-hybridized carbons (Fsp3) is 0.556. The SMILES string of the molecule is Cc1noc(C)c1CCC(=O)N1CCC[C@H](Cc2nccnc2N)C1. The zero-order chi connectivity index (χ0) is 17.8. The Labute approximate surface area is 147 Å². The molecule has 0 bridgehead atoms. The van der Waals surface area contributed by atoms with E-state index in [-0.39, 0.29) is 5.91 Å². The number of hydrogen-bond donors (Lipinski definition) is 1. The molecule has 0 radical (unpaired) electrons. The topological polar surface area (TPSA) is 98.1 Å².